The minimum absolute atomic E-state index is 0.207. The maximum Gasteiger partial charge on any atom is 0.417 e. The molecule has 29 heavy (non-hydrogen) atoms. The summed E-state index contributed by atoms with van der Waals surface area (Å²) in [5.74, 6) is 3.96. The Kier molecular flexibility index (Phi) is 4.74. The van der Waals surface area contributed by atoms with Crippen molar-refractivity contribution in [2.75, 3.05) is 31.1 Å². The number of alkyl halides is 3. The molecule has 1 aromatic rings. The van der Waals surface area contributed by atoms with Crippen molar-refractivity contribution in [3.63, 3.8) is 0 Å². The summed E-state index contributed by atoms with van der Waals surface area (Å²) in [4.78, 5) is 21.5. The molecular formula is C22H28F3N3O. The predicted octanol–water partition coefficient (Wildman–Crippen LogP) is 4.21. The first kappa shape index (κ1) is 19.2. The zero-order chi connectivity index (χ0) is 20.2. The second kappa shape index (κ2) is 7.17. The van der Waals surface area contributed by atoms with Crippen LogP contribution in [0.25, 0.3) is 0 Å². The summed E-state index contributed by atoms with van der Waals surface area (Å²) < 4.78 is 38.3. The highest BCUT2D eigenvalue weighted by Crippen LogP contribution is 2.56. The zero-order valence-electron chi connectivity index (χ0n) is 16.6. The lowest BCUT2D eigenvalue weighted by Gasteiger charge is -2.54. The number of carbonyl (C=O) groups is 1. The van der Waals surface area contributed by atoms with Gasteiger partial charge in [-0.25, -0.2) is 4.98 Å². The quantitative estimate of drug-likeness (QED) is 0.737. The first-order valence-electron chi connectivity index (χ1n) is 11.0. The second-order valence-corrected chi connectivity index (χ2v) is 9.53. The van der Waals surface area contributed by atoms with Crippen LogP contribution in [-0.2, 0) is 11.0 Å². The van der Waals surface area contributed by atoms with Crippen molar-refractivity contribution in [2.24, 2.45) is 29.6 Å². The molecule has 0 N–H and O–H groups in total. The third-order valence-corrected chi connectivity index (χ3v) is 7.72. The van der Waals surface area contributed by atoms with Crippen molar-refractivity contribution in [1.29, 1.82) is 0 Å². The van der Waals surface area contributed by atoms with Crippen LogP contribution in [0.2, 0.25) is 0 Å². The maximum absolute atomic E-state index is 13.4. The number of hydrogen-bond donors (Lipinski definition) is 0. The Bertz CT molecular complexity index is 736. The summed E-state index contributed by atoms with van der Waals surface area (Å²) in [6, 6.07) is 2.53. The van der Waals surface area contributed by atoms with Gasteiger partial charge in [0.15, 0.2) is 0 Å². The molecule has 4 bridgehead atoms. The van der Waals surface area contributed by atoms with Crippen LogP contribution in [0, 0.1) is 29.6 Å². The van der Waals surface area contributed by atoms with Crippen molar-refractivity contribution in [1.82, 2.24) is 9.88 Å². The SMILES string of the molecule is O=C(C1C2CC3CC(C2)CC1C3)N1CCCN(c2ccc(C(F)(F)F)cn2)CC1. The van der Waals surface area contributed by atoms with Crippen LogP contribution in [0.3, 0.4) is 0 Å². The van der Waals surface area contributed by atoms with E-state index in [-0.39, 0.29) is 5.92 Å². The third kappa shape index (κ3) is 3.61. The summed E-state index contributed by atoms with van der Waals surface area (Å²) in [6.07, 6.45) is 3.67. The number of amides is 1. The van der Waals surface area contributed by atoms with E-state index in [0.29, 0.717) is 43.2 Å². The van der Waals surface area contributed by atoms with Gasteiger partial charge >= 0.3 is 6.18 Å². The Balaban J connectivity index is 1.24. The van der Waals surface area contributed by atoms with E-state index in [0.717, 1.165) is 37.1 Å². The van der Waals surface area contributed by atoms with Gasteiger partial charge in [-0.05, 0) is 74.3 Å². The average molecular weight is 407 g/mol. The summed E-state index contributed by atoms with van der Waals surface area (Å²) in [5.41, 5.74) is -0.727. The van der Waals surface area contributed by atoms with Gasteiger partial charge < -0.3 is 9.80 Å². The van der Waals surface area contributed by atoms with E-state index < -0.39 is 11.7 Å². The molecule has 1 amide bonds. The smallest absolute Gasteiger partial charge is 0.355 e. The monoisotopic (exact) mass is 407 g/mol. The molecule has 0 unspecified atom stereocenters. The van der Waals surface area contributed by atoms with Crippen LogP contribution in [-0.4, -0.2) is 42.0 Å². The van der Waals surface area contributed by atoms with E-state index in [9.17, 15) is 18.0 Å². The Hall–Kier alpha value is -1.79. The molecular weight excluding hydrogens is 379 g/mol. The fourth-order valence-electron chi connectivity index (χ4n) is 6.65. The lowest BCUT2D eigenvalue weighted by atomic mass is 9.51. The molecule has 0 aromatic carbocycles. The van der Waals surface area contributed by atoms with E-state index in [1.807, 2.05) is 9.80 Å². The van der Waals surface area contributed by atoms with Crippen molar-refractivity contribution in [2.45, 2.75) is 44.7 Å². The number of carbonyl (C=O) groups excluding carboxylic acids is 1. The standard InChI is InChI=1S/C22H28F3N3O/c23-22(24,25)18-2-3-19(26-13-18)27-4-1-5-28(7-6-27)21(29)20-16-9-14-8-15(11-16)12-17(20)10-14/h2-3,13-17,20H,1,4-12H2. The molecule has 5 fully saturated rings. The Labute approximate surface area is 169 Å². The van der Waals surface area contributed by atoms with Gasteiger partial charge in [0.05, 0.1) is 5.56 Å². The molecule has 0 spiro atoms. The van der Waals surface area contributed by atoms with Gasteiger partial charge in [0.2, 0.25) is 5.91 Å². The summed E-state index contributed by atoms with van der Waals surface area (Å²) in [7, 11) is 0. The number of halogens is 3. The van der Waals surface area contributed by atoms with Crippen molar-refractivity contribution in [3.05, 3.63) is 23.9 Å². The van der Waals surface area contributed by atoms with Gasteiger partial charge in [-0.15, -0.1) is 0 Å². The van der Waals surface area contributed by atoms with E-state index in [1.165, 1.54) is 38.2 Å². The molecule has 4 nitrogen and oxygen atoms in total. The highest BCUT2D eigenvalue weighted by Gasteiger charge is 2.51. The van der Waals surface area contributed by atoms with Crippen LogP contribution >= 0.6 is 0 Å². The summed E-state index contributed by atoms with van der Waals surface area (Å²) >= 11 is 0. The van der Waals surface area contributed by atoms with E-state index in [4.69, 9.17) is 0 Å². The van der Waals surface area contributed by atoms with Gasteiger partial charge in [-0.1, -0.05) is 0 Å². The normalized spacial score (nSPS) is 34.4. The lowest BCUT2D eigenvalue weighted by Crippen LogP contribution is -2.52. The van der Waals surface area contributed by atoms with Crippen LogP contribution in [0.1, 0.15) is 44.1 Å². The van der Waals surface area contributed by atoms with Crippen molar-refractivity contribution < 1.29 is 18.0 Å². The Morgan fingerprint density at radius 1 is 0.931 bits per heavy atom. The molecule has 2 heterocycles. The summed E-state index contributed by atoms with van der Waals surface area (Å²) in [6.45, 7) is 2.70. The van der Waals surface area contributed by atoms with E-state index in [2.05, 4.69) is 4.98 Å². The Morgan fingerprint density at radius 2 is 1.62 bits per heavy atom. The minimum Gasteiger partial charge on any atom is -0.355 e. The molecule has 4 saturated carbocycles. The Morgan fingerprint density at radius 3 is 2.21 bits per heavy atom. The lowest BCUT2D eigenvalue weighted by molar-refractivity contribution is -0.148. The molecule has 158 valence electrons. The summed E-state index contributed by atoms with van der Waals surface area (Å²) in [5, 5.41) is 0. The first-order valence-corrected chi connectivity index (χ1v) is 11.0. The molecule has 4 aliphatic carbocycles. The number of rotatable bonds is 2. The molecule has 1 saturated heterocycles. The van der Waals surface area contributed by atoms with Gasteiger partial charge in [0.1, 0.15) is 5.82 Å². The fourth-order valence-corrected chi connectivity index (χ4v) is 6.65. The first-order chi connectivity index (χ1) is 13.9. The highest BCUT2D eigenvalue weighted by atomic mass is 19.4. The molecule has 5 aliphatic rings. The third-order valence-electron chi connectivity index (χ3n) is 7.72. The topological polar surface area (TPSA) is 36.4 Å². The minimum atomic E-state index is -4.37. The van der Waals surface area contributed by atoms with Gasteiger partial charge in [0.25, 0.3) is 0 Å². The van der Waals surface area contributed by atoms with E-state index in [1.54, 1.807) is 0 Å². The maximum atomic E-state index is 13.4. The van der Waals surface area contributed by atoms with Crippen LogP contribution in [0.5, 0.6) is 0 Å². The number of anilines is 1. The predicted molar refractivity (Wildman–Crippen MR) is 103 cm³/mol. The van der Waals surface area contributed by atoms with E-state index >= 15 is 0 Å². The van der Waals surface area contributed by atoms with Crippen molar-refractivity contribution in [3.8, 4) is 0 Å². The van der Waals surface area contributed by atoms with Crippen molar-refractivity contribution >= 4 is 11.7 Å². The number of aromatic nitrogens is 1. The number of pyridine rings is 1. The van der Waals surface area contributed by atoms with Gasteiger partial charge in [0, 0.05) is 38.3 Å². The average Bonchev–Trinajstić information content (AvgIpc) is 2.93. The van der Waals surface area contributed by atoms with Gasteiger partial charge in [-0.3, -0.25) is 4.79 Å². The van der Waals surface area contributed by atoms with Crippen LogP contribution in [0.4, 0.5) is 19.0 Å². The number of nitrogens with zero attached hydrogens (tertiary/aromatic N) is 3. The molecule has 1 aliphatic heterocycles. The second-order valence-electron chi connectivity index (χ2n) is 9.53. The zero-order valence-corrected chi connectivity index (χ0v) is 16.6. The molecule has 7 heteroatoms. The molecule has 1 aromatic heterocycles. The fraction of sp³-hybridized carbons (Fsp3) is 0.727. The molecule has 0 radical (unpaired) electrons. The highest BCUT2D eigenvalue weighted by molar-refractivity contribution is 5.80. The van der Waals surface area contributed by atoms with Crippen LogP contribution < -0.4 is 4.90 Å². The van der Waals surface area contributed by atoms with Gasteiger partial charge in [-0.2, -0.15) is 13.2 Å². The van der Waals surface area contributed by atoms with Crippen LogP contribution in [0.15, 0.2) is 18.3 Å². The largest absolute Gasteiger partial charge is 0.417 e. The molecule has 0 atom stereocenters. The number of hydrogen-bond acceptors (Lipinski definition) is 3. The molecule has 6 rings (SSSR count).